The van der Waals surface area contributed by atoms with Crippen molar-refractivity contribution in [3.05, 3.63) is 24.3 Å². The van der Waals surface area contributed by atoms with Crippen LogP contribution < -0.4 is 0 Å². The second-order valence-corrected chi connectivity index (χ2v) is 6.86. The fourth-order valence-corrected chi connectivity index (χ4v) is 2.66. The summed E-state index contributed by atoms with van der Waals surface area (Å²) in [5.41, 5.74) is 0.363. The number of piperidine rings is 1. The smallest absolute Gasteiger partial charge is 0.410 e. The van der Waals surface area contributed by atoms with Gasteiger partial charge in [0, 0.05) is 31.6 Å². The van der Waals surface area contributed by atoms with E-state index in [0.29, 0.717) is 13.2 Å². The van der Waals surface area contributed by atoms with Gasteiger partial charge in [-0.2, -0.15) is 0 Å². The predicted molar refractivity (Wildman–Crippen MR) is 86.9 cm³/mol. The standard InChI is InChI=1S/C17H27N3O3/c1-17(2,3)23-16(21)20-10-5-4-6-15(20)7-11-22-13-14-12-18-8-9-19-14/h8-9,12,15H,4-7,10-11,13H2,1-3H3/t15-/m0/s1. The molecule has 6 nitrogen and oxygen atoms in total. The number of likely N-dealkylation sites (tertiary alicyclic amines) is 1. The zero-order chi connectivity index (χ0) is 16.7. The minimum Gasteiger partial charge on any atom is -0.444 e. The molecule has 1 aromatic heterocycles. The van der Waals surface area contributed by atoms with Crippen molar-refractivity contribution in [1.82, 2.24) is 14.9 Å². The Morgan fingerprint density at radius 2 is 2.17 bits per heavy atom. The van der Waals surface area contributed by atoms with Crippen molar-refractivity contribution < 1.29 is 14.3 Å². The lowest BCUT2D eigenvalue weighted by Gasteiger charge is -2.36. The van der Waals surface area contributed by atoms with Crippen LogP contribution in [0.15, 0.2) is 18.6 Å². The van der Waals surface area contributed by atoms with Gasteiger partial charge in [-0.25, -0.2) is 4.79 Å². The van der Waals surface area contributed by atoms with Crippen LogP contribution in [0.25, 0.3) is 0 Å². The maximum Gasteiger partial charge on any atom is 0.410 e. The number of carbonyl (C=O) groups excluding carboxylic acids is 1. The summed E-state index contributed by atoms with van der Waals surface area (Å²) < 4.78 is 11.2. The highest BCUT2D eigenvalue weighted by Gasteiger charge is 2.30. The summed E-state index contributed by atoms with van der Waals surface area (Å²) in [5, 5.41) is 0. The molecule has 1 aliphatic rings. The van der Waals surface area contributed by atoms with Crippen LogP contribution in [-0.4, -0.2) is 45.8 Å². The number of ether oxygens (including phenoxy) is 2. The molecule has 1 atom stereocenters. The normalized spacial score (nSPS) is 18.7. The van der Waals surface area contributed by atoms with Crippen LogP contribution in [0.5, 0.6) is 0 Å². The first kappa shape index (κ1) is 17.7. The lowest BCUT2D eigenvalue weighted by Crippen LogP contribution is -2.46. The SMILES string of the molecule is CC(C)(C)OC(=O)N1CCCC[C@H]1CCOCc1cnccn1. The number of aromatic nitrogens is 2. The molecule has 2 rings (SSSR count). The molecule has 0 bridgehead atoms. The van der Waals surface area contributed by atoms with Crippen molar-refractivity contribution in [3.8, 4) is 0 Å². The molecule has 0 spiro atoms. The Morgan fingerprint density at radius 1 is 1.35 bits per heavy atom. The molecular formula is C17H27N3O3. The summed E-state index contributed by atoms with van der Waals surface area (Å²) in [5.74, 6) is 0. The van der Waals surface area contributed by atoms with Crippen molar-refractivity contribution in [3.63, 3.8) is 0 Å². The topological polar surface area (TPSA) is 64.5 Å². The largest absolute Gasteiger partial charge is 0.444 e. The van der Waals surface area contributed by atoms with Gasteiger partial charge in [-0.1, -0.05) is 0 Å². The second-order valence-electron chi connectivity index (χ2n) is 6.86. The molecule has 0 unspecified atom stereocenters. The third-order valence-electron chi connectivity index (χ3n) is 3.72. The molecule has 2 heterocycles. The Kier molecular flexibility index (Phi) is 6.33. The van der Waals surface area contributed by atoms with E-state index >= 15 is 0 Å². The van der Waals surface area contributed by atoms with Crippen molar-refractivity contribution >= 4 is 6.09 Å². The van der Waals surface area contributed by atoms with Gasteiger partial charge in [-0.3, -0.25) is 9.97 Å². The number of rotatable bonds is 5. The minimum atomic E-state index is -0.457. The number of hydrogen-bond donors (Lipinski definition) is 0. The van der Waals surface area contributed by atoms with E-state index in [1.165, 1.54) is 0 Å². The molecule has 1 amide bonds. The lowest BCUT2D eigenvalue weighted by atomic mass is 10.0. The molecule has 128 valence electrons. The first-order valence-corrected chi connectivity index (χ1v) is 8.28. The van der Waals surface area contributed by atoms with Crippen LogP contribution in [0.4, 0.5) is 4.79 Å². The highest BCUT2D eigenvalue weighted by Crippen LogP contribution is 2.22. The van der Waals surface area contributed by atoms with E-state index < -0.39 is 5.60 Å². The second kappa shape index (κ2) is 8.24. The van der Waals surface area contributed by atoms with Gasteiger partial charge in [-0.05, 0) is 46.5 Å². The highest BCUT2D eigenvalue weighted by molar-refractivity contribution is 5.68. The summed E-state index contributed by atoms with van der Waals surface area (Å²) >= 11 is 0. The zero-order valence-corrected chi connectivity index (χ0v) is 14.3. The average molecular weight is 321 g/mol. The van der Waals surface area contributed by atoms with E-state index in [1.807, 2.05) is 25.7 Å². The van der Waals surface area contributed by atoms with Crippen LogP contribution in [-0.2, 0) is 16.1 Å². The van der Waals surface area contributed by atoms with Crippen LogP contribution in [0.3, 0.4) is 0 Å². The van der Waals surface area contributed by atoms with Crippen LogP contribution in [0.2, 0.25) is 0 Å². The molecule has 1 aliphatic heterocycles. The van der Waals surface area contributed by atoms with E-state index in [-0.39, 0.29) is 12.1 Å². The van der Waals surface area contributed by atoms with Gasteiger partial charge in [0.15, 0.2) is 0 Å². The van der Waals surface area contributed by atoms with E-state index in [4.69, 9.17) is 9.47 Å². The quantitative estimate of drug-likeness (QED) is 0.779. The predicted octanol–water partition coefficient (Wildman–Crippen LogP) is 3.17. The molecule has 0 saturated carbocycles. The van der Waals surface area contributed by atoms with E-state index in [0.717, 1.165) is 37.9 Å². The maximum absolute atomic E-state index is 12.3. The van der Waals surface area contributed by atoms with Crippen LogP contribution in [0.1, 0.15) is 52.1 Å². The fourth-order valence-electron chi connectivity index (χ4n) is 2.66. The Bertz CT molecular complexity index is 488. The summed E-state index contributed by atoms with van der Waals surface area (Å²) in [6.45, 7) is 7.51. The number of nitrogens with zero attached hydrogens (tertiary/aromatic N) is 3. The molecule has 1 aromatic rings. The number of hydrogen-bond acceptors (Lipinski definition) is 5. The Hall–Kier alpha value is -1.69. The first-order valence-electron chi connectivity index (χ1n) is 8.28. The van der Waals surface area contributed by atoms with Gasteiger partial charge >= 0.3 is 6.09 Å². The van der Waals surface area contributed by atoms with Crippen LogP contribution >= 0.6 is 0 Å². The third-order valence-corrected chi connectivity index (χ3v) is 3.72. The van der Waals surface area contributed by atoms with E-state index in [1.54, 1.807) is 18.6 Å². The summed E-state index contributed by atoms with van der Waals surface area (Å²) in [7, 11) is 0. The first-order chi connectivity index (χ1) is 11.0. The average Bonchev–Trinajstić information content (AvgIpc) is 2.51. The van der Waals surface area contributed by atoms with Gasteiger partial charge < -0.3 is 14.4 Å². The van der Waals surface area contributed by atoms with Gasteiger partial charge in [0.2, 0.25) is 0 Å². The lowest BCUT2D eigenvalue weighted by molar-refractivity contribution is 0.00367. The number of amides is 1. The molecule has 0 radical (unpaired) electrons. The maximum atomic E-state index is 12.3. The van der Waals surface area contributed by atoms with Crippen LogP contribution in [0, 0.1) is 0 Å². The van der Waals surface area contributed by atoms with Gasteiger partial charge in [-0.15, -0.1) is 0 Å². The number of carbonyl (C=O) groups is 1. The van der Waals surface area contributed by atoms with Gasteiger partial charge in [0.1, 0.15) is 5.60 Å². The highest BCUT2D eigenvalue weighted by atomic mass is 16.6. The van der Waals surface area contributed by atoms with Gasteiger partial charge in [0.05, 0.1) is 18.5 Å². The van der Waals surface area contributed by atoms with Gasteiger partial charge in [0.25, 0.3) is 0 Å². The fraction of sp³-hybridized carbons (Fsp3) is 0.706. The van der Waals surface area contributed by atoms with E-state index in [9.17, 15) is 4.79 Å². The molecule has 1 saturated heterocycles. The minimum absolute atomic E-state index is 0.195. The molecular weight excluding hydrogens is 294 g/mol. The van der Waals surface area contributed by atoms with Crippen molar-refractivity contribution in [2.45, 2.75) is 64.7 Å². The van der Waals surface area contributed by atoms with Crippen molar-refractivity contribution in [2.24, 2.45) is 0 Å². The molecule has 0 N–H and O–H groups in total. The molecule has 0 aliphatic carbocycles. The molecule has 6 heteroatoms. The monoisotopic (exact) mass is 321 g/mol. The van der Waals surface area contributed by atoms with Crippen molar-refractivity contribution in [2.75, 3.05) is 13.2 Å². The molecule has 0 aromatic carbocycles. The molecule has 23 heavy (non-hydrogen) atoms. The van der Waals surface area contributed by atoms with Crippen molar-refractivity contribution in [1.29, 1.82) is 0 Å². The third kappa shape index (κ3) is 6.14. The summed E-state index contributed by atoms with van der Waals surface area (Å²) in [4.78, 5) is 22.4. The summed E-state index contributed by atoms with van der Waals surface area (Å²) in [6, 6.07) is 0.195. The van der Waals surface area contributed by atoms with E-state index in [2.05, 4.69) is 9.97 Å². The Labute approximate surface area is 138 Å². The summed E-state index contributed by atoms with van der Waals surface area (Å²) in [6.07, 6.45) is 8.80. The molecule has 1 fully saturated rings. The zero-order valence-electron chi connectivity index (χ0n) is 14.3. The Morgan fingerprint density at radius 3 is 2.87 bits per heavy atom. The Balaban J connectivity index is 1.78.